The predicted octanol–water partition coefficient (Wildman–Crippen LogP) is 2.91. The Kier molecular flexibility index (Phi) is 1.32. The molecule has 0 saturated carbocycles. The van der Waals surface area contributed by atoms with Gasteiger partial charge in [0, 0.05) is 60.5 Å². The largest absolute Gasteiger partial charge is 0.361 e. The molecule has 1 aliphatic carbocycles. The van der Waals surface area contributed by atoms with Crippen LogP contribution in [0, 0.1) is 5.92 Å². The topological polar surface area (TPSA) is 39.3 Å². The van der Waals surface area contributed by atoms with Crippen molar-refractivity contribution in [2.45, 2.75) is 26.2 Å². The minimum absolute atomic E-state index is 0.00966. The highest BCUT2D eigenvalue weighted by Crippen LogP contribution is 2.40. The zero-order chi connectivity index (χ0) is 31.4. The lowest BCUT2D eigenvalue weighted by molar-refractivity contribution is -0.134. The van der Waals surface area contributed by atoms with Crippen LogP contribution in [0.5, 0.6) is 0 Å². The number of rotatable bonds is 3. The average molecular weight is 341 g/mol. The van der Waals surface area contributed by atoms with E-state index in [-0.39, 0.29) is 46.2 Å². The minimum Gasteiger partial charge on any atom is -0.361 e. The van der Waals surface area contributed by atoms with Crippen LogP contribution in [0.2, 0.25) is 0 Å². The molecule has 126 valence electrons. The number of H-pyrrole nitrogens is 1. The number of fused-ring (bicyclic) bond motifs is 2. The fraction of sp³-hybridized carbons (Fsp3) is 0.450. The Bertz CT molecular complexity index is 1420. The Hall–Kier alpha value is -2.07. The van der Waals surface area contributed by atoms with E-state index in [1.54, 1.807) is 0 Å². The second-order valence-electron chi connectivity index (χ2n) is 5.73. The van der Waals surface area contributed by atoms with Crippen molar-refractivity contribution < 1.29 is 28.1 Å². The summed E-state index contributed by atoms with van der Waals surface area (Å²) in [6.45, 7) is -18.8. The Morgan fingerprint density at radius 1 is 1.50 bits per heavy atom. The number of hydrogen-bond acceptors (Lipinski definition) is 2. The van der Waals surface area contributed by atoms with E-state index in [9.17, 15) is 4.79 Å². The maximum absolute atomic E-state index is 13.9. The van der Waals surface area contributed by atoms with Gasteiger partial charge in [0.05, 0.1) is 11.4 Å². The Morgan fingerprint density at radius 3 is 3.17 bits per heavy atom. The van der Waals surface area contributed by atoms with Crippen LogP contribution in [0.1, 0.15) is 48.1 Å². The van der Waals surface area contributed by atoms with E-state index in [0.717, 1.165) is 11.0 Å². The van der Waals surface area contributed by atoms with E-state index in [2.05, 4.69) is 4.98 Å². The molecule has 2 atom stereocenters. The summed E-state index contributed by atoms with van der Waals surface area (Å²) in [6.07, 6.45) is 0.830. The van der Waals surface area contributed by atoms with Gasteiger partial charge in [0.1, 0.15) is 0 Å². The zero-order valence-corrected chi connectivity index (χ0v) is 12.4. The van der Waals surface area contributed by atoms with Crippen LogP contribution in [-0.2, 0) is 11.2 Å². The number of nitrogens with one attached hydrogen (secondary N) is 1. The normalized spacial score (nSPS) is 36.2. The lowest BCUT2D eigenvalue weighted by Crippen LogP contribution is -2.47. The van der Waals surface area contributed by atoms with Crippen LogP contribution in [0.3, 0.4) is 0 Å². The van der Waals surface area contributed by atoms with Gasteiger partial charge < -0.3 is 9.88 Å². The van der Waals surface area contributed by atoms with Gasteiger partial charge in [0.15, 0.2) is 0 Å². The first-order valence-corrected chi connectivity index (χ1v) is 7.29. The summed E-state index contributed by atoms with van der Waals surface area (Å²) in [5, 5.41) is 0.189. The molecular formula is C20H25N3O. The fourth-order valence-electron chi connectivity index (χ4n) is 3.38. The summed E-state index contributed by atoms with van der Waals surface area (Å²) in [5.41, 5.74) is 0.244. The van der Waals surface area contributed by atoms with E-state index in [1.165, 1.54) is 0 Å². The lowest BCUT2D eigenvalue weighted by atomic mass is 9.79. The molecule has 1 amide bonds. The third kappa shape index (κ3) is 2.20. The smallest absolute Gasteiger partial charge is 0.230 e. The van der Waals surface area contributed by atoms with E-state index in [0.29, 0.717) is 0 Å². The Labute approximate surface area is 167 Å². The average Bonchev–Trinajstić information content (AvgIpc) is 3.13. The summed E-state index contributed by atoms with van der Waals surface area (Å²) < 4.78 is 136. The van der Waals surface area contributed by atoms with Gasteiger partial charge in [0.2, 0.25) is 5.91 Å². The molecule has 0 spiro atoms. The number of aromatic amines is 1. The van der Waals surface area contributed by atoms with Crippen molar-refractivity contribution in [3.05, 3.63) is 41.5 Å². The molecule has 4 heteroatoms. The van der Waals surface area contributed by atoms with E-state index >= 15 is 0 Å². The first-order valence-electron chi connectivity index (χ1n) is 15.8. The summed E-state index contributed by atoms with van der Waals surface area (Å²) in [4.78, 5) is 16.9. The van der Waals surface area contributed by atoms with Crippen LogP contribution in [0.25, 0.3) is 16.5 Å². The van der Waals surface area contributed by atoms with E-state index in [1.807, 2.05) is 0 Å². The third-order valence-electron chi connectivity index (χ3n) is 4.47. The van der Waals surface area contributed by atoms with E-state index in [4.69, 9.17) is 23.3 Å². The number of hydrogen-bond donors (Lipinski definition) is 1. The molecule has 2 aromatic rings. The van der Waals surface area contributed by atoms with E-state index < -0.39 is 75.1 Å². The SMILES string of the molecule is [2H]c1[nH]c2c([2H])c([2H])c([2H])c3c2c1C[C@@H]1C3=C[C@@H](C(=O)N(C([2H])([2H])C([2H])([2H])[2H])C([2H])([2H])C([2H])([2H])[2H])CN1C([2H])([2H])[2H]. The highest BCUT2D eigenvalue weighted by atomic mass is 16.2. The third-order valence-corrected chi connectivity index (χ3v) is 4.47. The molecule has 4 nitrogen and oxygen atoms in total. The number of amides is 1. The minimum atomic E-state index is -3.85. The van der Waals surface area contributed by atoms with Gasteiger partial charge in [-0.05, 0) is 49.8 Å². The van der Waals surface area contributed by atoms with Gasteiger partial charge in [-0.25, -0.2) is 0 Å². The molecule has 1 aliphatic heterocycles. The molecule has 1 aromatic heterocycles. The van der Waals surface area contributed by atoms with Crippen molar-refractivity contribution in [3.8, 4) is 0 Å². The Morgan fingerprint density at radius 2 is 2.38 bits per heavy atom. The number of carbonyl (C=O) groups excluding carboxylic acids is 1. The maximum Gasteiger partial charge on any atom is 0.230 e. The standard InChI is InChI=1S/C20H25N3O/c1-4-23(5-2)20(24)14-9-16-15-7-6-8-17-19(15)13(11-21-17)10-18(16)22(3)12-14/h6-9,11,14,18,21H,4-5,10,12H2,1-3H3/t14-,18-/m1/s1/i1D3,2D3,3D3,4D2,5D2,6D,7D,8D,11D. The number of carbonyl (C=O) groups is 1. The fourth-order valence-corrected chi connectivity index (χ4v) is 3.38. The highest BCUT2D eigenvalue weighted by Gasteiger charge is 2.36. The lowest BCUT2D eigenvalue weighted by Gasteiger charge is -2.40. The monoisotopic (exact) mass is 340 g/mol. The van der Waals surface area contributed by atoms with Gasteiger partial charge in [-0.15, -0.1) is 0 Å². The first kappa shape index (κ1) is 5.46. The molecule has 0 fully saturated rings. The maximum atomic E-state index is 13.9. The second-order valence-corrected chi connectivity index (χ2v) is 5.73. The number of aromatic nitrogens is 1. The number of nitrogens with zero attached hydrogens (tertiary/aromatic N) is 2. The second kappa shape index (κ2) is 5.78. The van der Waals surface area contributed by atoms with Gasteiger partial charge in [-0.3, -0.25) is 9.69 Å². The molecule has 1 N–H and O–H groups in total. The molecule has 0 radical (unpaired) electrons. The van der Waals surface area contributed by atoms with Crippen LogP contribution in [-0.4, -0.2) is 53.2 Å². The van der Waals surface area contributed by atoms with Crippen LogP contribution >= 0.6 is 0 Å². The summed E-state index contributed by atoms with van der Waals surface area (Å²) in [7, 11) is 0. The molecule has 0 bridgehead atoms. The number of benzene rings is 1. The van der Waals surface area contributed by atoms with Crippen molar-refractivity contribution in [2.24, 2.45) is 5.92 Å². The van der Waals surface area contributed by atoms with Crippen molar-refractivity contribution in [3.63, 3.8) is 0 Å². The van der Waals surface area contributed by atoms with Crippen molar-refractivity contribution >= 4 is 22.4 Å². The summed E-state index contributed by atoms with van der Waals surface area (Å²) in [6, 6.07) is -2.55. The molecule has 0 unspecified atom stereocenters. The summed E-state index contributed by atoms with van der Waals surface area (Å²) >= 11 is 0. The quantitative estimate of drug-likeness (QED) is 0.933. The predicted molar refractivity (Wildman–Crippen MR) is 97.8 cm³/mol. The highest BCUT2D eigenvalue weighted by molar-refractivity contribution is 5.99. The molecule has 2 heterocycles. The van der Waals surface area contributed by atoms with Gasteiger partial charge in [0.25, 0.3) is 0 Å². The number of likely N-dealkylation sites (N-methyl/N-ethyl adjacent to an activating group) is 1. The molecule has 24 heavy (non-hydrogen) atoms. The molecule has 2 aliphatic rings. The molecule has 1 aromatic carbocycles. The van der Waals surface area contributed by atoms with Crippen LogP contribution < -0.4 is 0 Å². The van der Waals surface area contributed by atoms with Gasteiger partial charge >= 0.3 is 0 Å². The van der Waals surface area contributed by atoms with Gasteiger partial charge in [-0.1, -0.05) is 18.2 Å². The molecule has 4 rings (SSSR count). The van der Waals surface area contributed by atoms with Crippen molar-refractivity contribution in [1.82, 2.24) is 14.8 Å². The van der Waals surface area contributed by atoms with Gasteiger partial charge in [-0.2, -0.15) is 0 Å². The molecule has 0 saturated heterocycles. The zero-order valence-electron chi connectivity index (χ0n) is 29.4. The summed E-state index contributed by atoms with van der Waals surface area (Å²) in [5.74, 6) is -3.45. The van der Waals surface area contributed by atoms with Crippen molar-refractivity contribution in [1.29, 1.82) is 0 Å². The van der Waals surface area contributed by atoms with Crippen LogP contribution in [0.4, 0.5) is 0 Å². The van der Waals surface area contributed by atoms with Crippen LogP contribution in [0.15, 0.2) is 30.4 Å². The molecular weight excluding hydrogens is 298 g/mol. The van der Waals surface area contributed by atoms with Crippen molar-refractivity contribution in [2.75, 3.05) is 26.5 Å². The Balaban J connectivity index is 2.01. The first-order chi connectivity index (χ1) is 18.4.